The molecule has 0 bridgehead atoms. The van der Waals surface area contributed by atoms with Crippen molar-refractivity contribution in [1.29, 1.82) is 0 Å². The van der Waals surface area contributed by atoms with Crippen LogP contribution in [0, 0.1) is 0 Å². The van der Waals surface area contributed by atoms with E-state index >= 15 is 0 Å². The number of nitrogens with one attached hydrogen (secondary N) is 2. The first kappa shape index (κ1) is 13.5. The number of benzene rings is 1. The topological polar surface area (TPSA) is 70.8 Å². The number of carbonyl (C=O) groups is 2. The van der Waals surface area contributed by atoms with E-state index in [1.807, 2.05) is 0 Å². The van der Waals surface area contributed by atoms with Crippen molar-refractivity contribution in [3.05, 3.63) is 35.4 Å². The molecule has 1 aliphatic rings. The van der Waals surface area contributed by atoms with Crippen LogP contribution >= 0.6 is 0 Å². The molecule has 1 heterocycles. The van der Waals surface area contributed by atoms with E-state index in [-0.39, 0.29) is 17.0 Å². The van der Waals surface area contributed by atoms with Crippen LogP contribution in [-0.4, -0.2) is 43.2 Å². The third-order valence-corrected chi connectivity index (χ3v) is 3.48. The zero-order valence-electron chi connectivity index (χ0n) is 10.8. The number of likely N-dealkylation sites (tertiary alicyclic amines) is 1. The summed E-state index contributed by atoms with van der Waals surface area (Å²) < 4.78 is 0. The van der Waals surface area contributed by atoms with Gasteiger partial charge in [0.25, 0.3) is 5.91 Å². The minimum Gasteiger partial charge on any atom is -0.478 e. The lowest BCUT2D eigenvalue weighted by Gasteiger charge is -2.13. The first-order chi connectivity index (χ1) is 9.18. The predicted molar refractivity (Wildman–Crippen MR) is 70.5 cm³/mol. The molecule has 0 spiro atoms. The average Bonchev–Trinajstić information content (AvgIpc) is 2.91. The number of quaternary nitrogens is 1. The van der Waals surface area contributed by atoms with E-state index in [0.717, 1.165) is 6.54 Å². The van der Waals surface area contributed by atoms with Crippen molar-refractivity contribution in [3.8, 4) is 0 Å². The maximum Gasteiger partial charge on any atom is 0.336 e. The maximum atomic E-state index is 12.0. The number of carboxylic acids is 1. The van der Waals surface area contributed by atoms with Crippen LogP contribution in [0.3, 0.4) is 0 Å². The number of hydrogen-bond acceptors (Lipinski definition) is 2. The minimum absolute atomic E-state index is 0.0496. The quantitative estimate of drug-likeness (QED) is 0.688. The molecule has 3 N–H and O–H groups in total. The highest BCUT2D eigenvalue weighted by Crippen LogP contribution is 2.08. The summed E-state index contributed by atoms with van der Waals surface area (Å²) in [7, 11) is 0. The smallest absolute Gasteiger partial charge is 0.336 e. The predicted octanol–water partition coefficient (Wildman–Crippen LogP) is -0.207. The number of amides is 1. The summed E-state index contributed by atoms with van der Waals surface area (Å²) in [6, 6.07) is 6.28. The SMILES string of the molecule is O=C(O)c1ccccc1C(=O)NCC[NH+]1CCCC1. The summed E-state index contributed by atoms with van der Waals surface area (Å²) in [4.78, 5) is 24.5. The van der Waals surface area contributed by atoms with Gasteiger partial charge in [0.05, 0.1) is 37.3 Å². The maximum absolute atomic E-state index is 12.0. The molecule has 5 heteroatoms. The standard InChI is InChI=1S/C14H18N2O3/c17-13(15-7-10-16-8-3-4-9-16)11-5-1-2-6-12(11)14(18)19/h1-2,5-6H,3-4,7-10H2,(H,15,17)(H,18,19)/p+1. The summed E-state index contributed by atoms with van der Waals surface area (Å²) in [5.41, 5.74) is 0.278. The van der Waals surface area contributed by atoms with E-state index in [1.54, 1.807) is 18.2 Å². The first-order valence-electron chi connectivity index (χ1n) is 6.62. The lowest BCUT2D eigenvalue weighted by molar-refractivity contribution is -0.886. The average molecular weight is 263 g/mol. The third-order valence-electron chi connectivity index (χ3n) is 3.48. The van der Waals surface area contributed by atoms with E-state index in [9.17, 15) is 9.59 Å². The van der Waals surface area contributed by atoms with Crippen molar-refractivity contribution in [3.63, 3.8) is 0 Å². The number of aromatic carboxylic acids is 1. The molecule has 1 fully saturated rings. The fourth-order valence-electron chi connectivity index (χ4n) is 2.44. The van der Waals surface area contributed by atoms with Gasteiger partial charge in [-0.2, -0.15) is 0 Å². The monoisotopic (exact) mass is 263 g/mol. The largest absolute Gasteiger partial charge is 0.478 e. The molecule has 1 saturated heterocycles. The molecule has 1 aromatic carbocycles. The molecule has 1 aromatic rings. The van der Waals surface area contributed by atoms with Crippen LogP contribution in [0.1, 0.15) is 33.6 Å². The molecule has 0 aliphatic carbocycles. The van der Waals surface area contributed by atoms with Gasteiger partial charge in [0.1, 0.15) is 0 Å². The lowest BCUT2D eigenvalue weighted by atomic mass is 10.1. The van der Waals surface area contributed by atoms with Gasteiger partial charge in [0.2, 0.25) is 0 Å². The van der Waals surface area contributed by atoms with Gasteiger partial charge < -0.3 is 15.3 Å². The summed E-state index contributed by atoms with van der Waals surface area (Å²) in [6.07, 6.45) is 2.51. The van der Waals surface area contributed by atoms with Crippen molar-refractivity contribution < 1.29 is 19.6 Å². The Bertz CT molecular complexity index is 468. The highest BCUT2D eigenvalue weighted by Gasteiger charge is 2.17. The van der Waals surface area contributed by atoms with Gasteiger partial charge in [-0.15, -0.1) is 0 Å². The van der Waals surface area contributed by atoms with Gasteiger partial charge >= 0.3 is 5.97 Å². The Morgan fingerprint density at radius 1 is 1.16 bits per heavy atom. The van der Waals surface area contributed by atoms with Gasteiger partial charge in [-0.05, 0) is 12.1 Å². The minimum atomic E-state index is -1.07. The van der Waals surface area contributed by atoms with Crippen LogP contribution in [0.4, 0.5) is 0 Å². The van der Waals surface area contributed by atoms with Crippen LogP contribution in [-0.2, 0) is 0 Å². The molecule has 0 radical (unpaired) electrons. The van der Waals surface area contributed by atoms with Gasteiger partial charge in [0.15, 0.2) is 0 Å². The van der Waals surface area contributed by atoms with E-state index in [2.05, 4.69) is 5.32 Å². The van der Waals surface area contributed by atoms with Crippen molar-refractivity contribution in [1.82, 2.24) is 5.32 Å². The van der Waals surface area contributed by atoms with Crippen LogP contribution in [0.25, 0.3) is 0 Å². The molecule has 102 valence electrons. The Balaban J connectivity index is 1.90. The van der Waals surface area contributed by atoms with E-state index in [4.69, 9.17) is 5.11 Å². The molecule has 5 nitrogen and oxygen atoms in total. The highest BCUT2D eigenvalue weighted by atomic mass is 16.4. The third kappa shape index (κ3) is 3.54. The summed E-state index contributed by atoms with van der Waals surface area (Å²) in [5.74, 6) is -1.38. The second-order valence-electron chi connectivity index (χ2n) is 4.81. The fourth-order valence-corrected chi connectivity index (χ4v) is 2.44. The van der Waals surface area contributed by atoms with E-state index < -0.39 is 5.97 Å². The van der Waals surface area contributed by atoms with Crippen LogP contribution < -0.4 is 10.2 Å². The normalized spacial score (nSPS) is 15.4. The highest BCUT2D eigenvalue weighted by molar-refractivity contribution is 6.04. The molecule has 0 unspecified atom stereocenters. The molecule has 0 aromatic heterocycles. The number of carbonyl (C=O) groups excluding carboxylic acids is 1. The van der Waals surface area contributed by atoms with Crippen molar-refractivity contribution >= 4 is 11.9 Å². The van der Waals surface area contributed by atoms with Crippen molar-refractivity contribution in [2.75, 3.05) is 26.2 Å². The Morgan fingerprint density at radius 2 is 1.79 bits per heavy atom. The molecule has 2 rings (SSSR count). The molecular weight excluding hydrogens is 244 g/mol. The molecule has 19 heavy (non-hydrogen) atoms. The van der Waals surface area contributed by atoms with Crippen molar-refractivity contribution in [2.45, 2.75) is 12.8 Å². The molecule has 1 amide bonds. The Morgan fingerprint density at radius 3 is 2.42 bits per heavy atom. The summed E-state index contributed by atoms with van der Waals surface area (Å²) in [6.45, 7) is 3.83. The summed E-state index contributed by atoms with van der Waals surface area (Å²) >= 11 is 0. The van der Waals surface area contributed by atoms with Crippen LogP contribution in [0.5, 0.6) is 0 Å². The zero-order chi connectivity index (χ0) is 13.7. The van der Waals surface area contributed by atoms with Gasteiger partial charge in [0, 0.05) is 12.8 Å². The van der Waals surface area contributed by atoms with Crippen LogP contribution in [0.2, 0.25) is 0 Å². The molecule has 1 aliphatic heterocycles. The Kier molecular flexibility index (Phi) is 4.52. The first-order valence-corrected chi connectivity index (χ1v) is 6.62. The zero-order valence-corrected chi connectivity index (χ0v) is 10.8. The second-order valence-corrected chi connectivity index (χ2v) is 4.81. The second kappa shape index (κ2) is 6.33. The molecule has 0 saturated carbocycles. The van der Waals surface area contributed by atoms with Gasteiger partial charge in [-0.3, -0.25) is 4.79 Å². The van der Waals surface area contributed by atoms with Crippen molar-refractivity contribution in [2.24, 2.45) is 0 Å². The number of carboxylic acid groups (broad SMARTS) is 1. The fraction of sp³-hybridized carbons (Fsp3) is 0.429. The van der Waals surface area contributed by atoms with E-state index in [1.165, 1.54) is 36.9 Å². The summed E-state index contributed by atoms with van der Waals surface area (Å²) in [5, 5.41) is 11.8. The Labute approximate surface area is 112 Å². The number of hydrogen-bond donors (Lipinski definition) is 3. The molecule has 0 atom stereocenters. The Hall–Kier alpha value is -1.88. The van der Waals surface area contributed by atoms with Gasteiger partial charge in [-0.1, -0.05) is 12.1 Å². The lowest BCUT2D eigenvalue weighted by Crippen LogP contribution is -3.10. The number of rotatable bonds is 5. The van der Waals surface area contributed by atoms with E-state index in [0.29, 0.717) is 6.54 Å². The molecular formula is C14H19N2O3+. The van der Waals surface area contributed by atoms with Crippen LogP contribution in [0.15, 0.2) is 24.3 Å². The van der Waals surface area contributed by atoms with Gasteiger partial charge in [-0.25, -0.2) is 4.79 Å².